The Kier molecular flexibility index (Phi) is 5.11. The molecular formula is C15H24N2O3S. The van der Waals surface area contributed by atoms with Crippen molar-refractivity contribution in [2.24, 2.45) is 5.92 Å². The lowest BCUT2D eigenvalue weighted by molar-refractivity contribution is 0.260. The Morgan fingerprint density at radius 3 is 2.81 bits per heavy atom. The second kappa shape index (κ2) is 6.66. The van der Waals surface area contributed by atoms with Crippen molar-refractivity contribution in [3.05, 3.63) is 18.2 Å². The van der Waals surface area contributed by atoms with E-state index in [9.17, 15) is 8.42 Å². The average Bonchev–Trinajstić information content (AvgIpc) is 2.49. The van der Waals surface area contributed by atoms with Gasteiger partial charge in [0.25, 0.3) is 0 Å². The highest BCUT2D eigenvalue weighted by atomic mass is 32.2. The topological polar surface area (TPSA) is 72.6 Å². The van der Waals surface area contributed by atoms with Crippen LogP contribution in [0.25, 0.3) is 0 Å². The summed E-state index contributed by atoms with van der Waals surface area (Å²) in [4.78, 5) is 0.182. The smallest absolute Gasteiger partial charge is 0.246 e. The first-order chi connectivity index (χ1) is 9.98. The van der Waals surface area contributed by atoms with Crippen molar-refractivity contribution in [2.45, 2.75) is 38.0 Å². The zero-order chi connectivity index (χ0) is 15.5. The maximum atomic E-state index is 12.9. The minimum absolute atomic E-state index is 0.182. The Labute approximate surface area is 127 Å². The molecule has 0 aliphatic carbocycles. The van der Waals surface area contributed by atoms with Crippen molar-refractivity contribution < 1.29 is 13.2 Å². The Morgan fingerprint density at radius 2 is 2.14 bits per heavy atom. The van der Waals surface area contributed by atoms with Gasteiger partial charge in [-0.25, -0.2) is 8.42 Å². The fourth-order valence-electron chi connectivity index (χ4n) is 2.72. The number of hydrogen-bond donors (Lipinski definition) is 1. The van der Waals surface area contributed by atoms with Gasteiger partial charge in [0.05, 0.1) is 6.61 Å². The number of nitrogens with zero attached hydrogens (tertiary/aromatic N) is 1. The molecular weight excluding hydrogens is 288 g/mol. The van der Waals surface area contributed by atoms with Gasteiger partial charge in [-0.1, -0.05) is 13.3 Å². The van der Waals surface area contributed by atoms with Crippen LogP contribution < -0.4 is 10.5 Å². The van der Waals surface area contributed by atoms with Gasteiger partial charge in [0.15, 0.2) is 0 Å². The lowest BCUT2D eigenvalue weighted by Crippen LogP contribution is -2.39. The van der Waals surface area contributed by atoms with Crippen molar-refractivity contribution in [2.75, 3.05) is 25.4 Å². The molecule has 6 heteroatoms. The highest BCUT2D eigenvalue weighted by Crippen LogP contribution is 2.32. The summed E-state index contributed by atoms with van der Waals surface area (Å²) in [6.45, 7) is 5.51. The molecule has 1 atom stereocenters. The first-order valence-electron chi connectivity index (χ1n) is 7.51. The molecule has 0 aromatic heterocycles. The van der Waals surface area contributed by atoms with Crippen molar-refractivity contribution in [1.82, 2.24) is 4.31 Å². The van der Waals surface area contributed by atoms with Crippen LogP contribution in [0.15, 0.2) is 23.1 Å². The van der Waals surface area contributed by atoms with E-state index in [1.165, 1.54) is 6.07 Å². The van der Waals surface area contributed by atoms with Crippen molar-refractivity contribution in [3.8, 4) is 5.75 Å². The quantitative estimate of drug-likeness (QED) is 0.848. The number of nitrogens with two attached hydrogens (primary N) is 1. The molecule has 1 aliphatic rings. The number of piperidine rings is 1. The van der Waals surface area contributed by atoms with Crippen molar-refractivity contribution >= 4 is 15.7 Å². The zero-order valence-electron chi connectivity index (χ0n) is 12.7. The fraction of sp³-hybridized carbons (Fsp3) is 0.600. The van der Waals surface area contributed by atoms with Gasteiger partial charge in [-0.3, -0.25) is 0 Å². The Morgan fingerprint density at radius 1 is 1.38 bits per heavy atom. The van der Waals surface area contributed by atoms with Gasteiger partial charge >= 0.3 is 0 Å². The maximum Gasteiger partial charge on any atom is 0.246 e. The first-order valence-corrected chi connectivity index (χ1v) is 8.95. The lowest BCUT2D eigenvalue weighted by Gasteiger charge is -2.31. The summed E-state index contributed by atoms with van der Waals surface area (Å²) in [5.74, 6) is 0.815. The van der Waals surface area contributed by atoms with Crippen LogP contribution >= 0.6 is 0 Å². The summed E-state index contributed by atoms with van der Waals surface area (Å²) in [5.41, 5.74) is 6.20. The van der Waals surface area contributed by atoms with Crippen LogP contribution in [0.5, 0.6) is 5.75 Å². The van der Waals surface area contributed by atoms with Gasteiger partial charge in [0.2, 0.25) is 10.0 Å². The van der Waals surface area contributed by atoms with Crippen LogP contribution in [0.1, 0.15) is 33.1 Å². The minimum Gasteiger partial charge on any atom is -0.492 e. The van der Waals surface area contributed by atoms with Crippen LogP contribution in [0.4, 0.5) is 5.69 Å². The SMILES string of the molecule is CCOc1ccc(N)cc1S(=O)(=O)N1CCCC(CC)C1. The Bertz CT molecular complexity index is 587. The molecule has 2 N–H and O–H groups in total. The largest absolute Gasteiger partial charge is 0.492 e. The molecule has 0 amide bonds. The van der Waals surface area contributed by atoms with E-state index < -0.39 is 10.0 Å². The maximum absolute atomic E-state index is 12.9. The molecule has 1 fully saturated rings. The predicted octanol–water partition coefficient (Wildman–Crippen LogP) is 2.48. The van der Waals surface area contributed by atoms with Crippen LogP contribution in [-0.2, 0) is 10.0 Å². The summed E-state index contributed by atoms with van der Waals surface area (Å²) in [6.07, 6.45) is 3.00. The minimum atomic E-state index is -3.55. The molecule has 1 heterocycles. The van der Waals surface area contributed by atoms with E-state index in [4.69, 9.17) is 10.5 Å². The van der Waals surface area contributed by atoms with E-state index in [1.54, 1.807) is 16.4 Å². The number of rotatable bonds is 5. The Hall–Kier alpha value is -1.27. The van der Waals surface area contributed by atoms with Crippen LogP contribution in [0.3, 0.4) is 0 Å². The number of nitrogen functional groups attached to an aromatic ring is 1. The van der Waals surface area contributed by atoms with Crippen molar-refractivity contribution in [3.63, 3.8) is 0 Å². The van der Waals surface area contributed by atoms with E-state index in [0.29, 0.717) is 37.1 Å². The molecule has 0 bridgehead atoms. The molecule has 21 heavy (non-hydrogen) atoms. The number of benzene rings is 1. The van der Waals surface area contributed by atoms with E-state index in [1.807, 2.05) is 6.92 Å². The van der Waals surface area contributed by atoms with Crippen LogP contribution in [0, 0.1) is 5.92 Å². The summed E-state index contributed by atoms with van der Waals surface area (Å²) in [6, 6.07) is 4.79. The van der Waals surface area contributed by atoms with E-state index >= 15 is 0 Å². The molecule has 5 nitrogen and oxygen atoms in total. The normalized spacial score (nSPS) is 20.4. The van der Waals surface area contributed by atoms with Gasteiger partial charge in [-0.2, -0.15) is 4.31 Å². The number of sulfonamides is 1. The third kappa shape index (κ3) is 3.49. The number of anilines is 1. The molecule has 2 rings (SSSR count). The Balaban J connectivity index is 2.36. The van der Waals surface area contributed by atoms with Crippen LogP contribution in [-0.4, -0.2) is 32.4 Å². The van der Waals surface area contributed by atoms with Gasteiger partial charge in [-0.15, -0.1) is 0 Å². The molecule has 118 valence electrons. The third-order valence-electron chi connectivity index (χ3n) is 3.94. The summed E-state index contributed by atoms with van der Waals surface area (Å²) >= 11 is 0. The number of hydrogen-bond acceptors (Lipinski definition) is 4. The second-order valence-corrected chi connectivity index (χ2v) is 7.33. The standard InChI is InChI=1S/C15H24N2O3S/c1-3-12-6-5-9-17(11-12)21(18,19)15-10-13(16)7-8-14(15)20-4-2/h7-8,10,12H,3-6,9,11,16H2,1-2H3. The highest BCUT2D eigenvalue weighted by molar-refractivity contribution is 7.89. The second-order valence-electron chi connectivity index (χ2n) is 5.42. The average molecular weight is 312 g/mol. The third-order valence-corrected chi connectivity index (χ3v) is 5.83. The van der Waals surface area contributed by atoms with Gasteiger partial charge in [-0.05, 0) is 43.9 Å². The van der Waals surface area contributed by atoms with Gasteiger partial charge < -0.3 is 10.5 Å². The summed E-state index contributed by atoms with van der Waals surface area (Å²) < 4.78 is 32.8. The molecule has 0 saturated carbocycles. The highest BCUT2D eigenvalue weighted by Gasteiger charge is 2.31. The molecule has 1 aromatic rings. The van der Waals surface area contributed by atoms with Gasteiger partial charge in [0.1, 0.15) is 10.6 Å². The van der Waals surface area contributed by atoms with Gasteiger partial charge in [0, 0.05) is 18.8 Å². The van der Waals surface area contributed by atoms with E-state index in [2.05, 4.69) is 6.92 Å². The monoisotopic (exact) mass is 312 g/mol. The van der Waals surface area contributed by atoms with Crippen LogP contribution in [0.2, 0.25) is 0 Å². The molecule has 1 aromatic carbocycles. The molecule has 1 unspecified atom stereocenters. The molecule has 0 spiro atoms. The fourth-order valence-corrected chi connectivity index (χ4v) is 4.44. The van der Waals surface area contributed by atoms with Crippen molar-refractivity contribution in [1.29, 1.82) is 0 Å². The van der Waals surface area contributed by atoms with E-state index in [0.717, 1.165) is 19.3 Å². The lowest BCUT2D eigenvalue weighted by atomic mass is 9.97. The first kappa shape index (κ1) is 16.1. The predicted molar refractivity (Wildman–Crippen MR) is 83.8 cm³/mol. The molecule has 1 aliphatic heterocycles. The zero-order valence-corrected chi connectivity index (χ0v) is 13.5. The summed E-state index contributed by atoms with van der Waals surface area (Å²) in [5, 5.41) is 0. The molecule has 1 saturated heterocycles. The summed E-state index contributed by atoms with van der Waals surface area (Å²) in [7, 11) is -3.55. The van der Waals surface area contributed by atoms with E-state index in [-0.39, 0.29) is 4.90 Å². The molecule has 0 radical (unpaired) electrons. The number of ether oxygens (including phenoxy) is 1.